The first-order chi connectivity index (χ1) is 56.5. The van der Waals surface area contributed by atoms with Crippen molar-refractivity contribution in [3.05, 3.63) is 422 Å². The average Bonchev–Trinajstić information content (AvgIpc) is 0.781. The lowest BCUT2D eigenvalue weighted by atomic mass is 9.99. The summed E-state index contributed by atoms with van der Waals surface area (Å²) in [5, 5.41) is 1.99. The maximum atomic E-state index is 12.7. The van der Waals surface area contributed by atoms with Gasteiger partial charge in [-0.1, -0.05) is 251 Å². The molecule has 12 aromatic carbocycles. The van der Waals surface area contributed by atoms with Gasteiger partial charge >= 0.3 is 0 Å². The Morgan fingerprint density at radius 3 is 1.13 bits per heavy atom. The van der Waals surface area contributed by atoms with Gasteiger partial charge in [0.05, 0.1) is 16.2 Å². The fourth-order valence-electron chi connectivity index (χ4n) is 14.6. The highest BCUT2D eigenvalue weighted by Gasteiger charge is 2.19. The third-order valence-electron chi connectivity index (χ3n) is 21.9. The zero-order valence-electron chi connectivity index (χ0n) is 74.1. The minimum absolute atomic E-state index is 0.0458. The largest absolute Gasteiger partial charge is 0.456 e. The first-order valence-corrected chi connectivity index (χ1v) is 40.9. The first kappa shape index (κ1) is 88.5. The lowest BCUT2D eigenvalue weighted by Crippen LogP contribution is -2.09. The van der Waals surface area contributed by atoms with Gasteiger partial charge in [0.15, 0.2) is 22.1 Å². The molecule has 0 bridgehead atoms. The van der Waals surface area contributed by atoms with Crippen LogP contribution in [-0.2, 0) is 0 Å². The Labute approximate surface area is 704 Å². The standard InChI is InChI=1S/C20H20O2.2C19H18O2.C19H20O.C18H20.C17H18/c1-11-8-14(4)18-17(9-11)22-20(15(5)19(18)21)16-7-6-12(2)13(3)10-16;1-11-5-8-16-17(9-11)21-19(14(4)18(16)20)15-7-6-12(2)13(3)10-15;1-11-5-7-15(13(3)9-11)19-14(4)18(20)16-10-12(2)6-8-17(16)21-19;1-13-5-9-18(16(4)11-13)19(20)10-8-17-7-6-14(2)15(3)12-17;1-13-9-14(2)11-18(10-13)8-7-17-6-5-15(3)16(4)12-17;1-13-4-6-16(7-5-13)8-9-17-11-14(2)10-15(3)12-17/h6-10H,1-5H3;2*5-10H,1-4H3;5-12H,1-4H3;5-12H,1-4H3;4-12H,1-3H3/b;;;10-8+;8-7+;9-8+. The van der Waals surface area contributed by atoms with Crippen molar-refractivity contribution in [3.63, 3.8) is 0 Å². The van der Waals surface area contributed by atoms with Crippen LogP contribution in [0.25, 0.3) is 97.3 Å². The van der Waals surface area contributed by atoms with Crippen LogP contribution in [0.4, 0.5) is 0 Å². The number of ketones is 1. The summed E-state index contributed by atoms with van der Waals surface area (Å²) in [6.45, 7) is 49.0. The second-order valence-corrected chi connectivity index (χ2v) is 32.6. The summed E-state index contributed by atoms with van der Waals surface area (Å²) in [7, 11) is 0. The Balaban J connectivity index is 0.000000151. The maximum absolute atomic E-state index is 12.7. The van der Waals surface area contributed by atoms with Crippen LogP contribution in [0, 0.1) is 166 Å². The fraction of sp³-hybridized carbons (Fsp3) is 0.214. The lowest BCUT2D eigenvalue weighted by molar-refractivity contribution is 0.104. The number of allylic oxidation sites excluding steroid dienone is 1. The SMILES string of the molecule is Cc1cc(C)c2c(=O)c(C)c(-c3ccc(C)c(C)c3)oc2c1.Cc1cc(C)cc(/C=C/c2ccc(C)c(C)c2)c1.Cc1ccc(-c2oc3ccc(C)cc3c(=O)c2C)c(C)c1.Cc1ccc(/C=C/c2cc(C)cc(C)c2)cc1.Cc1ccc(C(=O)/C=C/c2ccc(C)c(C)c2)c(C)c1.Cc1ccc2c(=O)c(C)c(-c3ccc(C)c(C)c3)oc2c1. The molecule has 0 spiro atoms. The van der Waals surface area contributed by atoms with E-state index in [-0.39, 0.29) is 22.1 Å². The molecule has 0 unspecified atom stereocenters. The molecule has 0 aliphatic carbocycles. The van der Waals surface area contributed by atoms with Crippen LogP contribution in [-0.4, -0.2) is 5.78 Å². The zero-order chi connectivity index (χ0) is 86.4. The van der Waals surface area contributed by atoms with Crippen molar-refractivity contribution in [2.75, 3.05) is 0 Å². The molecule has 119 heavy (non-hydrogen) atoms. The van der Waals surface area contributed by atoms with Gasteiger partial charge in [0, 0.05) is 38.9 Å². The molecule has 3 aromatic heterocycles. The summed E-state index contributed by atoms with van der Waals surface area (Å²) < 4.78 is 18.2. The second-order valence-electron chi connectivity index (χ2n) is 32.6. The van der Waals surface area contributed by atoms with E-state index in [9.17, 15) is 19.2 Å². The van der Waals surface area contributed by atoms with Gasteiger partial charge in [-0.3, -0.25) is 19.2 Å². The molecule has 7 nitrogen and oxygen atoms in total. The molecule has 0 saturated carbocycles. The Hall–Kier alpha value is -12.8. The van der Waals surface area contributed by atoms with Gasteiger partial charge < -0.3 is 13.3 Å². The molecule has 0 radical (unpaired) electrons. The molecule has 0 aliphatic heterocycles. The minimum Gasteiger partial charge on any atom is -0.456 e. The Kier molecular flexibility index (Phi) is 29.3. The number of carbonyl (C=O) groups is 1. The molecule has 0 amide bonds. The van der Waals surface area contributed by atoms with Crippen molar-refractivity contribution in [1.29, 1.82) is 0 Å². The van der Waals surface area contributed by atoms with Crippen molar-refractivity contribution in [2.45, 2.75) is 166 Å². The zero-order valence-corrected chi connectivity index (χ0v) is 74.1. The highest BCUT2D eigenvalue weighted by Crippen LogP contribution is 2.33. The molecule has 15 aromatic rings. The summed E-state index contributed by atoms with van der Waals surface area (Å²) >= 11 is 0. The smallest absolute Gasteiger partial charge is 0.196 e. The number of aryl methyl sites for hydroxylation is 21. The lowest BCUT2D eigenvalue weighted by Gasteiger charge is -2.11. The van der Waals surface area contributed by atoms with E-state index in [0.717, 1.165) is 61.2 Å². The first-order valence-electron chi connectivity index (χ1n) is 40.9. The summed E-state index contributed by atoms with van der Waals surface area (Å²) in [4.78, 5) is 50.1. The monoisotopic (exact) mass is 1570 g/mol. The van der Waals surface area contributed by atoms with Crippen LogP contribution >= 0.6 is 0 Å². The van der Waals surface area contributed by atoms with E-state index in [2.05, 4.69) is 243 Å². The predicted molar refractivity (Wildman–Crippen MR) is 507 cm³/mol. The molecule has 0 fully saturated rings. The van der Waals surface area contributed by atoms with E-state index >= 15 is 0 Å². The topological polar surface area (TPSA) is 108 Å². The minimum atomic E-state index is 0.0458. The molecule has 604 valence electrons. The number of hydrogen-bond donors (Lipinski definition) is 0. The molecule has 3 heterocycles. The number of hydrogen-bond acceptors (Lipinski definition) is 7. The van der Waals surface area contributed by atoms with Gasteiger partial charge in [0.2, 0.25) is 0 Å². The van der Waals surface area contributed by atoms with Gasteiger partial charge in [0.1, 0.15) is 34.0 Å². The molecule has 0 atom stereocenters. The van der Waals surface area contributed by atoms with Gasteiger partial charge in [0.25, 0.3) is 0 Å². The summed E-state index contributed by atoms with van der Waals surface area (Å²) in [5.74, 6) is 2.07. The van der Waals surface area contributed by atoms with Crippen molar-refractivity contribution < 1.29 is 18.0 Å². The van der Waals surface area contributed by atoms with Crippen LogP contribution in [0.5, 0.6) is 0 Å². The van der Waals surface area contributed by atoms with E-state index < -0.39 is 0 Å². The predicted octanol–water partition coefficient (Wildman–Crippen LogP) is 29.1. The Bertz CT molecular complexity index is 6550. The van der Waals surface area contributed by atoms with Crippen molar-refractivity contribution in [1.82, 2.24) is 0 Å². The Morgan fingerprint density at radius 2 is 0.613 bits per heavy atom. The second kappa shape index (κ2) is 39.4. The van der Waals surface area contributed by atoms with Crippen molar-refractivity contribution in [2.24, 2.45) is 0 Å². The molecule has 7 heteroatoms. The number of benzene rings is 12. The molecule has 0 N–H and O–H groups in total. The van der Waals surface area contributed by atoms with Crippen LogP contribution in [0.15, 0.2) is 252 Å². The average molecular weight is 1570 g/mol. The molecular formula is C112H114O7. The van der Waals surface area contributed by atoms with Crippen molar-refractivity contribution >= 4 is 69.1 Å². The molecule has 15 rings (SSSR count). The number of rotatable bonds is 10. The van der Waals surface area contributed by atoms with Crippen LogP contribution < -0.4 is 16.3 Å². The van der Waals surface area contributed by atoms with E-state index in [4.69, 9.17) is 13.3 Å². The van der Waals surface area contributed by atoms with Crippen LogP contribution in [0.2, 0.25) is 0 Å². The fourth-order valence-corrected chi connectivity index (χ4v) is 14.6. The van der Waals surface area contributed by atoms with E-state index in [1.807, 2.05) is 172 Å². The molecule has 0 aliphatic rings. The normalized spacial score (nSPS) is 11.1. The third kappa shape index (κ3) is 23.1. The highest BCUT2D eigenvalue weighted by atomic mass is 16.3. The van der Waals surface area contributed by atoms with Crippen molar-refractivity contribution in [3.8, 4) is 34.0 Å². The van der Waals surface area contributed by atoms with Crippen LogP contribution in [0.1, 0.15) is 172 Å². The van der Waals surface area contributed by atoms with Gasteiger partial charge in [-0.25, -0.2) is 0 Å². The van der Waals surface area contributed by atoms with E-state index in [1.165, 1.54) is 106 Å². The quantitative estimate of drug-likeness (QED) is 0.0762. The van der Waals surface area contributed by atoms with Gasteiger partial charge in [-0.2, -0.15) is 0 Å². The highest BCUT2D eigenvalue weighted by molar-refractivity contribution is 6.08. The van der Waals surface area contributed by atoms with Gasteiger partial charge in [-0.05, 0) is 315 Å². The molecular weight excluding hydrogens is 1460 g/mol. The van der Waals surface area contributed by atoms with Crippen LogP contribution in [0.3, 0.4) is 0 Å². The molecule has 0 saturated heterocycles. The summed E-state index contributed by atoms with van der Waals surface area (Å²) in [5.41, 5.74) is 39.2. The summed E-state index contributed by atoms with van der Waals surface area (Å²) in [6, 6.07) is 74.4. The van der Waals surface area contributed by atoms with Gasteiger partial charge in [-0.15, -0.1) is 0 Å². The number of carbonyl (C=O) groups excluding carboxylic acids is 1. The van der Waals surface area contributed by atoms with E-state index in [0.29, 0.717) is 66.9 Å². The number of fused-ring (bicyclic) bond motifs is 3. The maximum Gasteiger partial charge on any atom is 0.196 e. The Morgan fingerprint density at radius 1 is 0.235 bits per heavy atom. The summed E-state index contributed by atoms with van der Waals surface area (Å²) in [6.07, 6.45) is 12.2. The van der Waals surface area contributed by atoms with E-state index in [1.54, 1.807) is 6.08 Å². The third-order valence-corrected chi connectivity index (χ3v) is 21.9.